The van der Waals surface area contributed by atoms with Gasteiger partial charge in [0.2, 0.25) is 0 Å². The first-order valence-electron chi connectivity index (χ1n) is 11.7. The Hall–Kier alpha value is -3.59. The molecule has 1 aromatic heterocycles. The van der Waals surface area contributed by atoms with Gasteiger partial charge in [0, 0.05) is 35.6 Å². The number of rotatable bonds is 7. The molecule has 35 heavy (non-hydrogen) atoms. The van der Waals surface area contributed by atoms with Crippen LogP contribution in [0.1, 0.15) is 36.2 Å². The monoisotopic (exact) mass is 480 g/mol. The Morgan fingerprint density at radius 2 is 2.09 bits per heavy atom. The number of aromatic amines is 1. The van der Waals surface area contributed by atoms with Crippen molar-refractivity contribution in [3.8, 4) is 11.5 Å². The number of halogens is 1. The van der Waals surface area contributed by atoms with Gasteiger partial charge < -0.3 is 25.0 Å². The molecule has 3 amide bonds. The first-order chi connectivity index (χ1) is 16.8. The summed E-state index contributed by atoms with van der Waals surface area (Å²) in [6.07, 6.45) is 1.34. The molecule has 0 aliphatic carbocycles. The highest BCUT2D eigenvalue weighted by Gasteiger charge is 2.59. The zero-order valence-corrected chi connectivity index (χ0v) is 20.0. The predicted octanol–water partition coefficient (Wildman–Crippen LogP) is 3.49. The number of hydrogen-bond acceptors (Lipinski definition) is 5. The Morgan fingerprint density at radius 3 is 2.80 bits per heavy atom. The van der Waals surface area contributed by atoms with E-state index in [0.717, 1.165) is 22.2 Å². The first-order valence-corrected chi connectivity index (χ1v) is 11.7. The lowest BCUT2D eigenvalue weighted by atomic mass is 9.81. The largest absolute Gasteiger partial charge is 0.508 e. The molecule has 2 aliphatic heterocycles. The van der Waals surface area contributed by atoms with E-state index in [-0.39, 0.29) is 23.4 Å². The smallest absolute Gasteiger partial charge is 0.328 e. The van der Waals surface area contributed by atoms with E-state index in [1.165, 1.54) is 18.1 Å². The van der Waals surface area contributed by atoms with Crippen molar-refractivity contribution in [2.45, 2.75) is 37.8 Å². The molecule has 184 valence electrons. The molecule has 0 saturated carbocycles. The zero-order chi connectivity index (χ0) is 24.9. The van der Waals surface area contributed by atoms with E-state index in [0.29, 0.717) is 37.9 Å². The number of phenols is 1. The number of phenolic OH excluding ortho intramolecular Hbond substituents is 1. The fraction of sp³-hybridized carbons (Fsp3) is 0.385. The first kappa shape index (κ1) is 23.2. The minimum Gasteiger partial charge on any atom is -0.508 e. The average molecular weight is 481 g/mol. The number of ether oxygens (including phenoxy) is 1. The summed E-state index contributed by atoms with van der Waals surface area (Å²) < 4.78 is 19.7. The molecule has 1 fully saturated rings. The van der Waals surface area contributed by atoms with Crippen molar-refractivity contribution in [3.63, 3.8) is 0 Å². The molecule has 5 rings (SSSR count). The van der Waals surface area contributed by atoms with Crippen molar-refractivity contribution in [3.05, 3.63) is 59.0 Å². The Bertz CT molecular complexity index is 1320. The Balaban J connectivity index is 1.65. The van der Waals surface area contributed by atoms with Crippen LogP contribution in [0.3, 0.4) is 0 Å². The van der Waals surface area contributed by atoms with E-state index in [2.05, 4.69) is 10.3 Å². The number of aromatic hydroxyl groups is 1. The maximum absolute atomic E-state index is 14.5. The number of amides is 3. The summed E-state index contributed by atoms with van der Waals surface area (Å²) in [6, 6.07) is 9.08. The van der Waals surface area contributed by atoms with Crippen LogP contribution in [-0.4, -0.2) is 64.6 Å². The number of methoxy groups -OCH3 is 1. The third-order valence-electron chi connectivity index (χ3n) is 7.20. The van der Waals surface area contributed by atoms with Gasteiger partial charge in [-0.1, -0.05) is 12.1 Å². The van der Waals surface area contributed by atoms with Crippen molar-refractivity contribution in [2.24, 2.45) is 0 Å². The van der Waals surface area contributed by atoms with Crippen LogP contribution in [0.5, 0.6) is 11.5 Å². The van der Waals surface area contributed by atoms with E-state index >= 15 is 0 Å². The molecule has 2 aliphatic rings. The predicted molar refractivity (Wildman–Crippen MR) is 129 cm³/mol. The maximum atomic E-state index is 14.5. The molecule has 2 atom stereocenters. The van der Waals surface area contributed by atoms with Gasteiger partial charge in [0.05, 0.1) is 13.2 Å². The lowest BCUT2D eigenvalue weighted by Crippen LogP contribution is -2.53. The summed E-state index contributed by atoms with van der Waals surface area (Å²) in [5, 5.41) is 13.8. The molecule has 2 aromatic carbocycles. The van der Waals surface area contributed by atoms with Gasteiger partial charge in [0.1, 0.15) is 11.3 Å². The lowest BCUT2D eigenvalue weighted by molar-refractivity contribution is -0.133. The number of carbonyl (C=O) groups excluding carboxylic acids is 2. The second-order valence-corrected chi connectivity index (χ2v) is 9.46. The van der Waals surface area contributed by atoms with Crippen LogP contribution in [0.25, 0.3) is 10.9 Å². The minimum atomic E-state index is -1.08. The highest BCUT2D eigenvalue weighted by atomic mass is 19.1. The summed E-state index contributed by atoms with van der Waals surface area (Å²) in [5.41, 5.74) is 1.97. The van der Waals surface area contributed by atoms with Crippen LogP contribution < -0.4 is 10.1 Å². The number of fused-ring (bicyclic) bond motifs is 4. The van der Waals surface area contributed by atoms with Gasteiger partial charge in [-0.15, -0.1) is 0 Å². The number of carbonyl (C=O) groups is 2. The molecule has 1 saturated heterocycles. The van der Waals surface area contributed by atoms with E-state index in [1.54, 1.807) is 29.2 Å². The molecule has 3 aromatic rings. The summed E-state index contributed by atoms with van der Waals surface area (Å²) in [5.74, 6) is -0.465. The summed E-state index contributed by atoms with van der Waals surface area (Å²) >= 11 is 0. The van der Waals surface area contributed by atoms with Crippen molar-refractivity contribution in [2.75, 3.05) is 27.2 Å². The third kappa shape index (κ3) is 3.61. The van der Waals surface area contributed by atoms with Gasteiger partial charge >= 0.3 is 6.03 Å². The van der Waals surface area contributed by atoms with Crippen LogP contribution in [0.4, 0.5) is 9.18 Å². The number of benzene rings is 2. The van der Waals surface area contributed by atoms with E-state index in [1.807, 2.05) is 20.0 Å². The normalized spacial score (nSPS) is 21.5. The number of urea groups is 1. The Labute approximate surface area is 202 Å². The molecule has 1 unspecified atom stereocenters. The van der Waals surface area contributed by atoms with E-state index < -0.39 is 17.4 Å². The standard InChI is InChI=1S/C26H29FN4O4/c1-26-14-18-17-12-22(35-3)19(27)13-20(17)29-23(18)21(11-15-6-4-7-16(32)10-15)31(26)25(34)30(24(26)33)9-5-8-28-2/h4,6-7,10,12-13,21,28-29,32H,5,8-9,11,14H2,1-3H3/t21?,26-/m0/s1. The van der Waals surface area contributed by atoms with Gasteiger partial charge in [-0.2, -0.15) is 0 Å². The minimum absolute atomic E-state index is 0.124. The number of aromatic nitrogens is 1. The lowest BCUT2D eigenvalue weighted by Gasteiger charge is -2.42. The van der Waals surface area contributed by atoms with Gasteiger partial charge in [0.25, 0.3) is 5.91 Å². The fourth-order valence-electron chi connectivity index (χ4n) is 5.55. The SMILES string of the molecule is CNCCCN1C(=O)N2C(Cc3cccc(O)c3)c3[nH]c4cc(F)c(OC)cc4c3C[C@@]2(C)C1=O. The van der Waals surface area contributed by atoms with Crippen molar-refractivity contribution in [1.82, 2.24) is 20.1 Å². The molecule has 8 nitrogen and oxygen atoms in total. The fourth-order valence-corrected chi connectivity index (χ4v) is 5.55. The molecular formula is C26H29FN4O4. The van der Waals surface area contributed by atoms with E-state index in [9.17, 15) is 19.1 Å². The van der Waals surface area contributed by atoms with Crippen molar-refractivity contribution >= 4 is 22.8 Å². The maximum Gasteiger partial charge on any atom is 0.328 e. The van der Waals surface area contributed by atoms with Crippen molar-refractivity contribution < 1.29 is 23.8 Å². The van der Waals surface area contributed by atoms with Crippen LogP contribution in [-0.2, 0) is 17.6 Å². The summed E-state index contributed by atoms with van der Waals surface area (Å²) in [6.45, 7) is 2.83. The zero-order valence-electron chi connectivity index (χ0n) is 20.0. The van der Waals surface area contributed by atoms with Crippen LogP contribution >= 0.6 is 0 Å². The van der Waals surface area contributed by atoms with Gasteiger partial charge in [-0.25, -0.2) is 9.18 Å². The van der Waals surface area contributed by atoms with Gasteiger partial charge in [-0.3, -0.25) is 9.69 Å². The molecule has 0 spiro atoms. The number of H-pyrrole nitrogens is 1. The van der Waals surface area contributed by atoms with Crippen molar-refractivity contribution in [1.29, 1.82) is 0 Å². The number of imide groups is 1. The Kier molecular flexibility index (Phi) is 5.67. The highest BCUT2D eigenvalue weighted by Crippen LogP contribution is 2.48. The van der Waals surface area contributed by atoms with Crippen LogP contribution in [0.2, 0.25) is 0 Å². The third-order valence-corrected chi connectivity index (χ3v) is 7.20. The molecule has 9 heteroatoms. The topological polar surface area (TPSA) is 97.9 Å². The quantitative estimate of drug-likeness (QED) is 0.355. The number of nitrogens with zero attached hydrogens (tertiary/aromatic N) is 2. The second-order valence-electron chi connectivity index (χ2n) is 9.46. The molecule has 0 radical (unpaired) electrons. The summed E-state index contributed by atoms with van der Waals surface area (Å²) in [4.78, 5) is 33.7. The number of hydrogen-bond donors (Lipinski definition) is 3. The molecule has 0 bridgehead atoms. The Morgan fingerprint density at radius 1 is 1.29 bits per heavy atom. The highest BCUT2D eigenvalue weighted by molar-refractivity contribution is 6.08. The molecule has 3 heterocycles. The number of nitrogens with one attached hydrogen (secondary N) is 2. The van der Waals surface area contributed by atoms with E-state index in [4.69, 9.17) is 4.74 Å². The van der Waals surface area contributed by atoms with Gasteiger partial charge in [0.15, 0.2) is 11.6 Å². The average Bonchev–Trinajstić information content (AvgIpc) is 3.25. The van der Waals surface area contributed by atoms with Gasteiger partial charge in [-0.05, 0) is 62.7 Å². The second kappa shape index (κ2) is 8.57. The molecule has 3 N–H and O–H groups in total. The van der Waals surface area contributed by atoms with Crippen LogP contribution in [0, 0.1) is 5.82 Å². The summed E-state index contributed by atoms with van der Waals surface area (Å²) in [7, 11) is 3.25. The van der Waals surface area contributed by atoms with Crippen LogP contribution in [0.15, 0.2) is 36.4 Å². The molecular weight excluding hydrogens is 451 g/mol.